The fourth-order valence-electron chi connectivity index (χ4n) is 4.62. The molecule has 4 aromatic rings. The van der Waals surface area contributed by atoms with Crippen LogP contribution < -0.4 is 36.9 Å². The van der Waals surface area contributed by atoms with Crippen LogP contribution in [0.4, 0.5) is 10.6 Å². The quantitative estimate of drug-likeness (QED) is 0.158. The zero-order valence-electron chi connectivity index (χ0n) is 24.6. The number of carbonyl (C=O) groups excluding carboxylic acids is 3. The second-order valence-electron chi connectivity index (χ2n) is 10.1. The number of hydrogen-bond acceptors (Lipinski definition) is 7. The van der Waals surface area contributed by atoms with E-state index < -0.39 is 18.0 Å². The van der Waals surface area contributed by atoms with Gasteiger partial charge in [-0.3, -0.25) is 9.59 Å². The first-order valence-electron chi connectivity index (χ1n) is 13.9. The molecule has 228 valence electrons. The number of benzene rings is 3. The third-order valence-corrected chi connectivity index (χ3v) is 7.04. The molecule has 11 heteroatoms. The molecule has 7 N–H and O–H groups in total. The number of anilines is 1. The molecule has 0 radical (unpaired) electrons. The SMILES string of the molecule is COc1ccc(C(C(=O)NC(Cc2ccc(N)nc2)C(=O)NCc2ccc(CNC(N)=O)cc2)c2ccc(OC)cc2)cc1. The van der Waals surface area contributed by atoms with Crippen LogP contribution in [0.25, 0.3) is 0 Å². The van der Waals surface area contributed by atoms with Gasteiger partial charge in [0.25, 0.3) is 0 Å². The van der Waals surface area contributed by atoms with E-state index >= 15 is 0 Å². The van der Waals surface area contributed by atoms with Crippen molar-refractivity contribution in [2.45, 2.75) is 31.5 Å². The van der Waals surface area contributed by atoms with Crippen LogP contribution >= 0.6 is 0 Å². The van der Waals surface area contributed by atoms with Crippen LogP contribution in [0.2, 0.25) is 0 Å². The van der Waals surface area contributed by atoms with Crippen LogP contribution in [0.3, 0.4) is 0 Å². The molecule has 1 atom stereocenters. The van der Waals surface area contributed by atoms with E-state index in [1.165, 1.54) is 0 Å². The Bertz CT molecular complexity index is 1490. The summed E-state index contributed by atoms with van der Waals surface area (Å²) in [7, 11) is 3.15. The Morgan fingerprint density at radius 3 is 1.66 bits per heavy atom. The summed E-state index contributed by atoms with van der Waals surface area (Å²) in [5.41, 5.74) is 14.8. The number of nitrogen functional groups attached to an aromatic ring is 1. The first kappa shape index (κ1) is 31.4. The van der Waals surface area contributed by atoms with Crippen LogP contribution in [0, 0.1) is 0 Å². The largest absolute Gasteiger partial charge is 0.497 e. The lowest BCUT2D eigenvalue weighted by Gasteiger charge is -2.23. The number of nitrogens with one attached hydrogen (secondary N) is 3. The molecule has 0 saturated carbocycles. The Morgan fingerprint density at radius 2 is 1.20 bits per heavy atom. The van der Waals surface area contributed by atoms with Crippen LogP contribution in [0.1, 0.15) is 33.7 Å². The summed E-state index contributed by atoms with van der Waals surface area (Å²) in [5, 5.41) is 8.45. The average Bonchev–Trinajstić information content (AvgIpc) is 3.04. The van der Waals surface area contributed by atoms with Crippen molar-refractivity contribution in [2.24, 2.45) is 5.73 Å². The van der Waals surface area contributed by atoms with Crippen LogP contribution in [0.5, 0.6) is 11.5 Å². The standard InChI is InChI=1S/C33H36N6O5/c1-43-26-12-8-24(9-13-26)30(25-10-14-27(44-2)15-11-25)32(41)39-28(17-23-7-16-29(34)36-20-23)31(40)37-18-21-3-5-22(6-4-21)19-38-33(35)42/h3-16,20,28,30H,17-19H2,1-2H3,(H2,34,36)(H,37,40)(H,39,41)(H3,35,38,42). The number of amides is 4. The van der Waals surface area contributed by atoms with E-state index in [0.717, 1.165) is 27.8 Å². The topological polar surface area (TPSA) is 171 Å². The second-order valence-corrected chi connectivity index (χ2v) is 10.1. The van der Waals surface area contributed by atoms with Gasteiger partial charge in [-0.15, -0.1) is 0 Å². The summed E-state index contributed by atoms with van der Waals surface area (Å²) in [4.78, 5) is 42.7. The minimum absolute atomic E-state index is 0.195. The summed E-state index contributed by atoms with van der Waals surface area (Å²) in [6.07, 6.45) is 1.78. The predicted molar refractivity (Wildman–Crippen MR) is 167 cm³/mol. The number of nitrogens with zero attached hydrogens (tertiary/aromatic N) is 1. The van der Waals surface area contributed by atoms with Crippen molar-refractivity contribution in [3.63, 3.8) is 0 Å². The summed E-state index contributed by atoms with van der Waals surface area (Å²) < 4.78 is 10.6. The van der Waals surface area contributed by atoms with Gasteiger partial charge in [-0.25, -0.2) is 9.78 Å². The van der Waals surface area contributed by atoms with Gasteiger partial charge >= 0.3 is 6.03 Å². The zero-order valence-corrected chi connectivity index (χ0v) is 24.6. The second kappa shape index (κ2) is 15.1. The Labute approximate surface area is 256 Å². The molecule has 0 fully saturated rings. The van der Waals surface area contributed by atoms with Crippen molar-refractivity contribution in [1.29, 1.82) is 0 Å². The van der Waals surface area contributed by atoms with E-state index in [-0.39, 0.29) is 24.8 Å². The average molecular weight is 597 g/mol. The highest BCUT2D eigenvalue weighted by Gasteiger charge is 2.28. The highest BCUT2D eigenvalue weighted by molar-refractivity contribution is 5.92. The summed E-state index contributed by atoms with van der Waals surface area (Å²) in [6.45, 7) is 0.532. The summed E-state index contributed by atoms with van der Waals surface area (Å²) in [6, 6.07) is 23.8. The number of rotatable bonds is 13. The van der Waals surface area contributed by atoms with Gasteiger partial charge in [-0.1, -0.05) is 54.6 Å². The molecule has 0 saturated heterocycles. The predicted octanol–water partition coefficient (Wildman–Crippen LogP) is 3.03. The highest BCUT2D eigenvalue weighted by atomic mass is 16.5. The molecular formula is C33H36N6O5. The van der Waals surface area contributed by atoms with Crippen molar-refractivity contribution >= 4 is 23.7 Å². The number of ether oxygens (including phenoxy) is 2. The van der Waals surface area contributed by atoms with Crippen molar-refractivity contribution in [3.05, 3.63) is 119 Å². The van der Waals surface area contributed by atoms with Crippen LogP contribution in [-0.2, 0) is 29.1 Å². The summed E-state index contributed by atoms with van der Waals surface area (Å²) >= 11 is 0. The fourth-order valence-corrected chi connectivity index (χ4v) is 4.62. The maximum atomic E-state index is 14.0. The Hall–Kier alpha value is -5.58. The van der Waals surface area contributed by atoms with E-state index in [1.807, 2.05) is 48.5 Å². The van der Waals surface area contributed by atoms with Crippen molar-refractivity contribution in [1.82, 2.24) is 20.9 Å². The van der Waals surface area contributed by atoms with Crippen LogP contribution in [0.15, 0.2) is 91.1 Å². The number of hydrogen-bond donors (Lipinski definition) is 5. The molecule has 0 aliphatic heterocycles. The molecular weight excluding hydrogens is 560 g/mol. The molecule has 0 bridgehead atoms. The smallest absolute Gasteiger partial charge is 0.312 e. The first-order valence-corrected chi connectivity index (χ1v) is 13.9. The van der Waals surface area contributed by atoms with E-state index in [1.54, 1.807) is 56.8 Å². The van der Waals surface area contributed by atoms with Gasteiger partial charge in [0.05, 0.1) is 20.1 Å². The first-order chi connectivity index (χ1) is 21.2. The fraction of sp³-hybridized carbons (Fsp3) is 0.212. The third kappa shape index (κ3) is 8.71. The molecule has 0 spiro atoms. The van der Waals surface area contributed by atoms with Gasteiger partial charge in [0.1, 0.15) is 23.4 Å². The number of carbonyl (C=O) groups is 3. The van der Waals surface area contributed by atoms with E-state index in [2.05, 4.69) is 20.9 Å². The normalized spacial score (nSPS) is 11.3. The molecule has 44 heavy (non-hydrogen) atoms. The highest BCUT2D eigenvalue weighted by Crippen LogP contribution is 2.28. The van der Waals surface area contributed by atoms with Crippen molar-refractivity contribution < 1.29 is 23.9 Å². The lowest BCUT2D eigenvalue weighted by atomic mass is 9.89. The number of pyridine rings is 1. The molecule has 1 aromatic heterocycles. The molecule has 3 aromatic carbocycles. The molecule has 1 unspecified atom stereocenters. The van der Waals surface area contributed by atoms with Gasteiger partial charge in [0.15, 0.2) is 0 Å². The van der Waals surface area contributed by atoms with E-state index in [9.17, 15) is 14.4 Å². The van der Waals surface area contributed by atoms with E-state index in [4.69, 9.17) is 20.9 Å². The molecule has 0 aliphatic carbocycles. The van der Waals surface area contributed by atoms with Gasteiger partial charge in [0.2, 0.25) is 11.8 Å². The van der Waals surface area contributed by atoms with Crippen LogP contribution in [-0.4, -0.2) is 43.1 Å². The molecule has 0 aliphatic rings. The number of aromatic nitrogens is 1. The van der Waals surface area contributed by atoms with Gasteiger partial charge in [-0.05, 0) is 58.1 Å². The maximum Gasteiger partial charge on any atom is 0.312 e. The number of primary amides is 1. The van der Waals surface area contributed by atoms with Crippen molar-refractivity contribution in [3.8, 4) is 11.5 Å². The lowest BCUT2D eigenvalue weighted by Crippen LogP contribution is -2.49. The minimum atomic E-state index is -0.911. The lowest BCUT2D eigenvalue weighted by molar-refractivity contribution is -0.129. The Balaban J connectivity index is 1.56. The van der Waals surface area contributed by atoms with Gasteiger partial charge in [0, 0.05) is 25.7 Å². The number of nitrogens with two attached hydrogens (primary N) is 2. The summed E-state index contributed by atoms with van der Waals surface area (Å²) in [5.74, 6) is 0.245. The monoisotopic (exact) mass is 596 g/mol. The third-order valence-electron chi connectivity index (χ3n) is 7.04. The minimum Gasteiger partial charge on any atom is -0.497 e. The number of urea groups is 1. The molecule has 4 amide bonds. The molecule has 4 rings (SSSR count). The molecule has 1 heterocycles. The van der Waals surface area contributed by atoms with Gasteiger partial charge in [-0.2, -0.15) is 0 Å². The van der Waals surface area contributed by atoms with Crippen molar-refractivity contribution in [2.75, 3.05) is 20.0 Å². The maximum absolute atomic E-state index is 14.0. The Kier molecular flexibility index (Phi) is 10.7. The van der Waals surface area contributed by atoms with E-state index in [0.29, 0.717) is 23.9 Å². The zero-order chi connectivity index (χ0) is 31.5. The Morgan fingerprint density at radius 1 is 0.705 bits per heavy atom. The number of methoxy groups -OCH3 is 2. The molecule has 11 nitrogen and oxygen atoms in total. The van der Waals surface area contributed by atoms with Gasteiger partial charge < -0.3 is 36.9 Å².